The standard InChI is InChI=1S/C33H43NO4/c1-22(35)38-26-10-11-27-24(20-26)14-15-32(2)29-12-13-30(36)33(29,3)21-28(31(27)32)23-6-8-25(9-7-23)37-19-18-34-16-4-5-17-34/h6-11,20,28-31,36H,4-5,12-19,21H2,1-3H3/t28-,29?,30+,31?,32+,33+/m1/s1. The molecule has 0 aromatic heterocycles. The number of hydrogen-bond acceptors (Lipinski definition) is 5. The lowest BCUT2D eigenvalue weighted by Gasteiger charge is -2.60. The van der Waals surface area contributed by atoms with E-state index in [0.717, 1.165) is 51.0 Å². The van der Waals surface area contributed by atoms with E-state index in [2.05, 4.69) is 55.1 Å². The van der Waals surface area contributed by atoms with E-state index in [1.807, 2.05) is 6.07 Å². The largest absolute Gasteiger partial charge is 0.492 e. The lowest BCUT2D eigenvalue weighted by atomic mass is 9.44. The summed E-state index contributed by atoms with van der Waals surface area (Å²) in [7, 11) is 0. The molecule has 204 valence electrons. The summed E-state index contributed by atoms with van der Waals surface area (Å²) in [5.74, 6) is 2.48. The van der Waals surface area contributed by atoms with Crippen LogP contribution >= 0.6 is 0 Å². The molecule has 0 amide bonds. The Morgan fingerprint density at radius 1 is 1.03 bits per heavy atom. The van der Waals surface area contributed by atoms with Gasteiger partial charge < -0.3 is 14.6 Å². The molecule has 1 aliphatic heterocycles. The molecule has 2 unspecified atom stereocenters. The Kier molecular flexibility index (Phi) is 6.80. The van der Waals surface area contributed by atoms with Crippen LogP contribution in [0, 0.1) is 16.7 Å². The minimum Gasteiger partial charge on any atom is -0.492 e. The maximum absolute atomic E-state index is 11.6. The van der Waals surface area contributed by atoms with Gasteiger partial charge in [-0.05, 0) is 128 Å². The Bertz CT molecular complexity index is 1170. The molecule has 2 saturated carbocycles. The summed E-state index contributed by atoms with van der Waals surface area (Å²) >= 11 is 0. The van der Waals surface area contributed by atoms with Crippen molar-refractivity contribution >= 4 is 5.97 Å². The van der Waals surface area contributed by atoms with E-state index in [9.17, 15) is 9.90 Å². The Labute approximate surface area is 227 Å². The predicted octanol–water partition coefficient (Wildman–Crippen LogP) is 6.09. The van der Waals surface area contributed by atoms with E-state index in [4.69, 9.17) is 9.47 Å². The molecule has 3 fully saturated rings. The van der Waals surface area contributed by atoms with Crippen LogP contribution in [0.25, 0.3) is 0 Å². The average Bonchev–Trinajstić information content (AvgIpc) is 3.51. The maximum Gasteiger partial charge on any atom is 0.308 e. The number of carbonyl (C=O) groups excluding carboxylic acids is 1. The summed E-state index contributed by atoms with van der Waals surface area (Å²) < 4.78 is 11.6. The van der Waals surface area contributed by atoms with Gasteiger partial charge in [0.25, 0.3) is 0 Å². The van der Waals surface area contributed by atoms with Crippen molar-refractivity contribution in [1.82, 2.24) is 4.90 Å². The Hall–Kier alpha value is -2.37. The van der Waals surface area contributed by atoms with Crippen molar-refractivity contribution in [2.24, 2.45) is 16.7 Å². The van der Waals surface area contributed by atoms with Crippen LogP contribution in [0.2, 0.25) is 0 Å². The highest BCUT2D eigenvalue weighted by atomic mass is 16.5. The highest BCUT2D eigenvalue weighted by Crippen LogP contribution is 2.70. The Balaban J connectivity index is 1.31. The fourth-order valence-corrected chi connectivity index (χ4v) is 8.90. The molecule has 1 N–H and O–H groups in total. The number of aliphatic hydroxyl groups excluding tert-OH is 1. The fraction of sp³-hybridized carbons (Fsp3) is 0.606. The first kappa shape index (κ1) is 25.9. The van der Waals surface area contributed by atoms with Crippen molar-refractivity contribution in [2.45, 2.75) is 83.7 Å². The normalized spacial score (nSPS) is 34.3. The average molecular weight is 518 g/mol. The monoisotopic (exact) mass is 517 g/mol. The molecule has 2 aromatic rings. The van der Waals surface area contributed by atoms with Gasteiger partial charge in [-0.2, -0.15) is 0 Å². The molecule has 1 saturated heterocycles. The van der Waals surface area contributed by atoms with Crippen molar-refractivity contribution in [2.75, 3.05) is 26.2 Å². The maximum atomic E-state index is 11.6. The second kappa shape index (κ2) is 9.98. The minimum absolute atomic E-state index is 0.0734. The van der Waals surface area contributed by atoms with Gasteiger partial charge in [-0.25, -0.2) is 0 Å². The third-order valence-electron chi connectivity index (χ3n) is 10.7. The van der Waals surface area contributed by atoms with Gasteiger partial charge in [-0.1, -0.05) is 32.0 Å². The number of likely N-dealkylation sites (tertiary alicyclic amines) is 1. The summed E-state index contributed by atoms with van der Waals surface area (Å²) in [5, 5.41) is 11.2. The molecule has 4 aliphatic rings. The summed E-state index contributed by atoms with van der Waals surface area (Å²) in [5.41, 5.74) is 4.07. The number of nitrogens with zero attached hydrogens (tertiary/aromatic N) is 1. The zero-order chi connectivity index (χ0) is 26.5. The van der Waals surface area contributed by atoms with Crippen LogP contribution < -0.4 is 9.47 Å². The van der Waals surface area contributed by atoms with E-state index >= 15 is 0 Å². The number of aryl methyl sites for hydroxylation is 1. The second-order valence-corrected chi connectivity index (χ2v) is 12.9. The van der Waals surface area contributed by atoms with Gasteiger partial charge in [-0.3, -0.25) is 9.69 Å². The molecule has 3 aliphatic carbocycles. The molecular weight excluding hydrogens is 474 g/mol. The van der Waals surface area contributed by atoms with E-state index in [-0.39, 0.29) is 22.9 Å². The number of rotatable bonds is 6. The third-order valence-corrected chi connectivity index (χ3v) is 10.7. The summed E-state index contributed by atoms with van der Waals surface area (Å²) in [6.45, 7) is 10.4. The molecule has 0 bridgehead atoms. The van der Waals surface area contributed by atoms with Gasteiger partial charge in [0.15, 0.2) is 0 Å². The molecule has 5 heteroatoms. The number of benzene rings is 2. The molecular formula is C33H43NO4. The van der Waals surface area contributed by atoms with Crippen molar-refractivity contribution in [3.63, 3.8) is 0 Å². The minimum atomic E-state index is -0.278. The van der Waals surface area contributed by atoms with Crippen LogP contribution in [0.4, 0.5) is 0 Å². The predicted molar refractivity (Wildman–Crippen MR) is 149 cm³/mol. The lowest BCUT2D eigenvalue weighted by molar-refractivity contribution is -0.131. The molecule has 1 heterocycles. The molecule has 2 aromatic carbocycles. The van der Waals surface area contributed by atoms with Crippen LogP contribution in [-0.4, -0.2) is 48.3 Å². The Morgan fingerprint density at radius 3 is 2.50 bits per heavy atom. The van der Waals surface area contributed by atoms with Crippen LogP contribution in [0.1, 0.15) is 87.8 Å². The molecule has 0 spiro atoms. The summed E-state index contributed by atoms with van der Waals surface area (Å²) in [6, 6.07) is 15.1. The molecule has 5 nitrogen and oxygen atoms in total. The van der Waals surface area contributed by atoms with E-state index in [1.54, 1.807) is 0 Å². The van der Waals surface area contributed by atoms with Crippen LogP contribution in [0.5, 0.6) is 11.5 Å². The molecule has 6 atom stereocenters. The van der Waals surface area contributed by atoms with Crippen LogP contribution in [-0.2, 0) is 11.2 Å². The van der Waals surface area contributed by atoms with Crippen LogP contribution in [0.3, 0.4) is 0 Å². The number of ether oxygens (including phenoxy) is 2. The van der Waals surface area contributed by atoms with Gasteiger partial charge in [0, 0.05) is 13.5 Å². The van der Waals surface area contributed by atoms with E-state index in [0.29, 0.717) is 23.5 Å². The summed E-state index contributed by atoms with van der Waals surface area (Å²) in [6.07, 6.45) is 7.43. The molecule has 0 radical (unpaired) electrons. The first-order valence-electron chi connectivity index (χ1n) is 14.7. The summed E-state index contributed by atoms with van der Waals surface area (Å²) in [4.78, 5) is 14.1. The van der Waals surface area contributed by atoms with Gasteiger partial charge in [0.2, 0.25) is 0 Å². The first-order valence-corrected chi connectivity index (χ1v) is 14.7. The molecule has 38 heavy (non-hydrogen) atoms. The topological polar surface area (TPSA) is 59.0 Å². The molecule has 6 rings (SSSR count). The van der Waals surface area contributed by atoms with Crippen molar-refractivity contribution in [3.05, 3.63) is 59.2 Å². The lowest BCUT2D eigenvalue weighted by Crippen LogP contribution is -2.52. The fourth-order valence-electron chi connectivity index (χ4n) is 8.90. The SMILES string of the molecule is CC(=O)Oc1ccc2c(c1)CC[C@]1(C)C2[C@@H](c2ccc(OCCN3CCCC3)cc2)C[C@@]2(C)C1CC[C@@H]2O. The van der Waals surface area contributed by atoms with Gasteiger partial charge >= 0.3 is 5.97 Å². The van der Waals surface area contributed by atoms with E-state index < -0.39 is 0 Å². The van der Waals surface area contributed by atoms with Crippen molar-refractivity contribution in [3.8, 4) is 11.5 Å². The number of fused-ring (bicyclic) bond motifs is 5. The van der Waals surface area contributed by atoms with Crippen molar-refractivity contribution in [1.29, 1.82) is 0 Å². The van der Waals surface area contributed by atoms with Crippen LogP contribution in [0.15, 0.2) is 42.5 Å². The number of esters is 1. The number of carbonyl (C=O) groups is 1. The highest BCUT2D eigenvalue weighted by molar-refractivity contribution is 5.69. The zero-order valence-electron chi connectivity index (χ0n) is 23.2. The quantitative estimate of drug-likeness (QED) is 0.371. The van der Waals surface area contributed by atoms with Gasteiger partial charge in [-0.15, -0.1) is 0 Å². The van der Waals surface area contributed by atoms with Crippen molar-refractivity contribution < 1.29 is 19.4 Å². The van der Waals surface area contributed by atoms with Gasteiger partial charge in [0.05, 0.1) is 6.10 Å². The number of aliphatic hydroxyl groups is 1. The third kappa shape index (κ3) is 4.46. The Morgan fingerprint density at radius 2 is 1.76 bits per heavy atom. The number of hydrogen-bond donors (Lipinski definition) is 1. The smallest absolute Gasteiger partial charge is 0.308 e. The first-order chi connectivity index (χ1) is 18.3. The zero-order valence-corrected chi connectivity index (χ0v) is 23.2. The van der Waals surface area contributed by atoms with Gasteiger partial charge in [0.1, 0.15) is 18.1 Å². The second-order valence-electron chi connectivity index (χ2n) is 12.9. The highest BCUT2D eigenvalue weighted by Gasteiger charge is 2.62. The van der Waals surface area contributed by atoms with E-state index in [1.165, 1.54) is 49.5 Å².